The first-order valence-corrected chi connectivity index (χ1v) is 11.3. The smallest absolute Gasteiger partial charge is 0.0818 e. The lowest BCUT2D eigenvalue weighted by atomic mass is 9.61. The highest BCUT2D eigenvalue weighted by Crippen LogP contribution is 2.77. The van der Waals surface area contributed by atoms with E-state index in [1.165, 1.54) is 22.3 Å². The van der Waals surface area contributed by atoms with Crippen LogP contribution in [0.2, 0.25) is 0 Å². The highest BCUT2D eigenvalue weighted by atomic mass is 32.2. The van der Waals surface area contributed by atoms with Crippen LogP contribution in [0.3, 0.4) is 0 Å². The van der Waals surface area contributed by atoms with Gasteiger partial charge in [0.25, 0.3) is 0 Å². The van der Waals surface area contributed by atoms with Crippen molar-refractivity contribution in [3.63, 3.8) is 0 Å². The molecular weight excluding hydrogens is 362 g/mol. The lowest BCUT2D eigenvalue weighted by Gasteiger charge is -2.39. The van der Waals surface area contributed by atoms with E-state index in [0.29, 0.717) is 0 Å². The van der Waals surface area contributed by atoms with E-state index >= 15 is 0 Å². The number of hydrogen-bond acceptors (Lipinski definition) is 2. The highest BCUT2D eigenvalue weighted by molar-refractivity contribution is 7.89. The second kappa shape index (κ2) is 5.91. The summed E-state index contributed by atoms with van der Waals surface area (Å²) in [5.41, 5.74) is 5.01. The number of rotatable bonds is 4. The number of nitriles is 1. The summed E-state index contributed by atoms with van der Waals surface area (Å²) in [4.78, 5) is 0. The molecule has 142 valence electrons. The summed E-state index contributed by atoms with van der Waals surface area (Å²) in [5.74, 6) is -0.149. The van der Waals surface area contributed by atoms with Crippen LogP contribution in [0, 0.1) is 22.7 Å². The molecule has 28 heavy (non-hydrogen) atoms. The average molecular weight is 388 g/mol. The van der Waals surface area contributed by atoms with E-state index in [1.54, 1.807) is 0 Å². The van der Waals surface area contributed by atoms with Crippen molar-refractivity contribution < 1.29 is 4.21 Å². The van der Waals surface area contributed by atoms with Crippen LogP contribution in [0.5, 0.6) is 0 Å². The Bertz CT molecular complexity index is 1030. The maximum absolute atomic E-state index is 14.0. The van der Waals surface area contributed by atoms with Crippen molar-refractivity contribution in [3.05, 3.63) is 82.9 Å². The van der Waals surface area contributed by atoms with Crippen molar-refractivity contribution in [2.75, 3.05) is 0 Å². The summed E-state index contributed by atoms with van der Waals surface area (Å²) in [6.07, 6.45) is 3.68. The molecule has 3 aliphatic rings. The van der Waals surface area contributed by atoms with Gasteiger partial charge in [0.1, 0.15) is 0 Å². The summed E-state index contributed by atoms with van der Waals surface area (Å²) in [7, 11) is -1.07. The molecule has 3 heteroatoms. The van der Waals surface area contributed by atoms with Gasteiger partial charge in [0.15, 0.2) is 0 Å². The fourth-order valence-electron chi connectivity index (χ4n) is 6.11. The Morgan fingerprint density at radius 2 is 1.43 bits per heavy atom. The minimum atomic E-state index is -1.07. The maximum atomic E-state index is 14.0. The van der Waals surface area contributed by atoms with Crippen molar-refractivity contribution in [1.82, 2.24) is 0 Å². The third-order valence-corrected chi connectivity index (χ3v) is 10.4. The number of nitrogens with zero attached hydrogens (tertiary/aromatic N) is 1. The van der Waals surface area contributed by atoms with E-state index in [0.717, 1.165) is 25.7 Å². The van der Waals surface area contributed by atoms with Crippen molar-refractivity contribution in [1.29, 1.82) is 5.26 Å². The van der Waals surface area contributed by atoms with Crippen LogP contribution in [0.1, 0.15) is 37.8 Å². The molecule has 1 saturated heterocycles. The van der Waals surface area contributed by atoms with Crippen LogP contribution in [-0.2, 0) is 23.6 Å². The molecule has 5 rings (SSSR count). The Hall–Kier alpha value is -2.18. The van der Waals surface area contributed by atoms with Gasteiger partial charge in [0.2, 0.25) is 0 Å². The Morgan fingerprint density at radius 1 is 0.929 bits per heavy atom. The number of benzene rings is 2. The van der Waals surface area contributed by atoms with Crippen molar-refractivity contribution in [3.8, 4) is 6.07 Å². The first-order chi connectivity index (χ1) is 13.5. The van der Waals surface area contributed by atoms with Crippen molar-refractivity contribution >= 4 is 10.8 Å². The van der Waals surface area contributed by atoms with Gasteiger partial charge in [-0.1, -0.05) is 60.7 Å². The molecule has 1 saturated carbocycles. The summed E-state index contributed by atoms with van der Waals surface area (Å²) in [6.45, 7) is 4.31. The molecule has 0 radical (unpaired) electrons. The molecule has 2 nitrogen and oxygen atoms in total. The Morgan fingerprint density at radius 3 is 1.89 bits per heavy atom. The molecule has 0 amide bonds. The topological polar surface area (TPSA) is 40.9 Å². The fourth-order valence-corrected chi connectivity index (χ4v) is 8.98. The summed E-state index contributed by atoms with van der Waals surface area (Å²) < 4.78 is 13.0. The third-order valence-electron chi connectivity index (χ3n) is 7.71. The molecule has 2 heterocycles. The molecule has 2 aliphatic heterocycles. The largest absolute Gasteiger partial charge is 0.258 e. The summed E-state index contributed by atoms with van der Waals surface area (Å²) >= 11 is 0. The van der Waals surface area contributed by atoms with E-state index in [2.05, 4.69) is 68.4 Å². The van der Waals surface area contributed by atoms with Gasteiger partial charge in [-0.2, -0.15) is 5.26 Å². The van der Waals surface area contributed by atoms with E-state index < -0.39 is 15.5 Å². The molecule has 0 aromatic heterocycles. The van der Waals surface area contributed by atoms with Crippen LogP contribution in [0.4, 0.5) is 0 Å². The highest BCUT2D eigenvalue weighted by Gasteiger charge is 2.81. The molecule has 2 fully saturated rings. The lowest BCUT2D eigenvalue weighted by Crippen LogP contribution is -2.42. The first-order valence-electron chi connectivity index (χ1n) is 10.1. The second-order valence-corrected chi connectivity index (χ2v) is 11.1. The molecule has 4 atom stereocenters. The van der Waals surface area contributed by atoms with Crippen LogP contribution < -0.4 is 0 Å². The van der Waals surface area contributed by atoms with Gasteiger partial charge >= 0.3 is 0 Å². The zero-order chi connectivity index (χ0) is 19.6. The van der Waals surface area contributed by atoms with Gasteiger partial charge in [-0.25, -0.2) is 0 Å². The van der Waals surface area contributed by atoms with Crippen LogP contribution >= 0.6 is 0 Å². The minimum absolute atomic E-state index is 0.0916. The van der Waals surface area contributed by atoms with Gasteiger partial charge < -0.3 is 0 Å². The summed E-state index contributed by atoms with van der Waals surface area (Å²) in [6, 6.07) is 23.6. The number of fused-ring (bicyclic) bond motifs is 3. The Labute approximate surface area is 169 Å². The van der Waals surface area contributed by atoms with Crippen LogP contribution in [0.15, 0.2) is 71.8 Å². The Kier molecular flexibility index (Phi) is 3.77. The normalized spacial score (nSPS) is 34.6. The zero-order valence-electron chi connectivity index (χ0n) is 16.4. The second-order valence-electron chi connectivity index (χ2n) is 8.91. The monoisotopic (exact) mass is 387 g/mol. The predicted octanol–water partition coefficient (Wildman–Crippen LogP) is 4.98. The molecule has 1 spiro atoms. The van der Waals surface area contributed by atoms with Crippen LogP contribution in [-0.4, -0.2) is 13.7 Å². The van der Waals surface area contributed by atoms with Gasteiger partial charge in [-0.05, 0) is 61.8 Å². The average Bonchev–Trinajstić information content (AvgIpc) is 3.47. The van der Waals surface area contributed by atoms with E-state index in [9.17, 15) is 9.47 Å². The maximum Gasteiger partial charge on any atom is 0.0818 e. The summed E-state index contributed by atoms with van der Waals surface area (Å²) in [5, 5.41) is 10.1. The van der Waals surface area contributed by atoms with E-state index in [1.807, 2.05) is 12.1 Å². The molecule has 0 N–H and O–H groups in total. The minimum Gasteiger partial charge on any atom is -0.258 e. The molecule has 1 aliphatic carbocycles. The quantitative estimate of drug-likeness (QED) is 0.694. The predicted molar refractivity (Wildman–Crippen MR) is 113 cm³/mol. The first kappa shape index (κ1) is 17.9. The SMILES string of the molecule is CC12C(Cc3ccccc3)=C(Cc3ccccc3)[C@@](C)(S1=O)C1(CC1)C2C#N. The van der Waals surface area contributed by atoms with Gasteiger partial charge in [0, 0.05) is 16.2 Å². The van der Waals surface area contributed by atoms with Gasteiger partial charge in [-0.15, -0.1) is 0 Å². The molecule has 2 aromatic rings. The van der Waals surface area contributed by atoms with Crippen molar-refractivity contribution in [2.45, 2.75) is 49.0 Å². The standard InChI is InChI=1S/C25H25NOS/c1-23-20(15-18-9-5-3-6-10-18)21(16-19-11-7-4-8-12-19)24(2,28(23)27)25(13-14-25)22(23)17-26/h3-12,22H,13-16H2,1-2H3/t22?,23?,24-,28?/m1/s1. The Balaban J connectivity index is 1.71. The van der Waals surface area contributed by atoms with Gasteiger partial charge in [-0.3, -0.25) is 4.21 Å². The van der Waals surface area contributed by atoms with Gasteiger partial charge in [0.05, 0.1) is 21.5 Å². The fraction of sp³-hybridized carbons (Fsp3) is 0.400. The van der Waals surface area contributed by atoms with E-state index in [4.69, 9.17) is 0 Å². The zero-order valence-corrected chi connectivity index (χ0v) is 17.3. The van der Waals surface area contributed by atoms with E-state index in [-0.39, 0.29) is 16.1 Å². The molecule has 2 bridgehead atoms. The van der Waals surface area contributed by atoms with Crippen LogP contribution in [0.25, 0.3) is 0 Å². The van der Waals surface area contributed by atoms with Crippen molar-refractivity contribution in [2.24, 2.45) is 11.3 Å². The molecule has 3 unspecified atom stereocenters. The molecular formula is C25H25NOS. The number of hydrogen-bond donors (Lipinski definition) is 0. The molecule has 2 aromatic carbocycles. The lowest BCUT2D eigenvalue weighted by molar-refractivity contribution is 0.289. The third kappa shape index (κ3) is 2.05.